The highest BCUT2D eigenvalue weighted by atomic mass is 16.5. The second-order valence-corrected chi connectivity index (χ2v) is 7.71. The van der Waals surface area contributed by atoms with Crippen molar-refractivity contribution in [2.75, 3.05) is 13.2 Å². The van der Waals surface area contributed by atoms with Gasteiger partial charge in [0.2, 0.25) is 5.91 Å². The van der Waals surface area contributed by atoms with Crippen LogP contribution in [0.5, 0.6) is 5.75 Å². The number of amides is 1. The summed E-state index contributed by atoms with van der Waals surface area (Å²) in [5.41, 5.74) is 3.95. The number of rotatable bonds is 3. The number of fused-ring (bicyclic) bond motifs is 1. The van der Waals surface area contributed by atoms with Crippen molar-refractivity contribution in [2.24, 2.45) is 0 Å². The quantitative estimate of drug-likeness (QED) is 0.903. The van der Waals surface area contributed by atoms with Crippen molar-refractivity contribution in [1.82, 2.24) is 15.1 Å². The van der Waals surface area contributed by atoms with Crippen LogP contribution >= 0.6 is 0 Å². The fourth-order valence-corrected chi connectivity index (χ4v) is 4.11. The number of ether oxygens (including phenoxy) is 2. The molecule has 0 aliphatic carbocycles. The number of benzene rings is 1. The molecule has 1 amide bonds. The Kier molecular flexibility index (Phi) is 4.68. The predicted molar refractivity (Wildman–Crippen MR) is 102 cm³/mol. The third-order valence-corrected chi connectivity index (χ3v) is 5.97. The van der Waals surface area contributed by atoms with E-state index in [-0.39, 0.29) is 24.1 Å². The number of carbonyl (C=O) groups is 1. The molecule has 2 aromatic rings. The van der Waals surface area contributed by atoms with E-state index in [1.807, 2.05) is 45.0 Å². The maximum Gasteiger partial charge on any atom is 0.242 e. The van der Waals surface area contributed by atoms with Gasteiger partial charge in [-0.1, -0.05) is 18.2 Å². The van der Waals surface area contributed by atoms with Crippen molar-refractivity contribution in [3.63, 3.8) is 0 Å². The minimum absolute atomic E-state index is 0.0236. The Balaban J connectivity index is 1.54. The van der Waals surface area contributed by atoms with Crippen molar-refractivity contribution < 1.29 is 14.3 Å². The first-order valence-electron chi connectivity index (χ1n) is 9.63. The van der Waals surface area contributed by atoms with Gasteiger partial charge in [0.05, 0.1) is 24.9 Å². The predicted octanol–water partition coefficient (Wildman–Crippen LogP) is 3.00. The SMILES string of the molecule is Cc1nn(CC(=O)N[C@H]2CC3(CCOCC3)Oc3ccccc32)c(C)c1C. The molecule has 1 saturated heterocycles. The maximum atomic E-state index is 12.8. The van der Waals surface area contributed by atoms with E-state index < -0.39 is 0 Å². The largest absolute Gasteiger partial charge is 0.487 e. The normalized spacial score (nSPS) is 20.8. The second-order valence-electron chi connectivity index (χ2n) is 7.71. The average Bonchev–Trinajstić information content (AvgIpc) is 2.89. The minimum Gasteiger partial charge on any atom is -0.487 e. The summed E-state index contributed by atoms with van der Waals surface area (Å²) in [6.07, 6.45) is 2.48. The summed E-state index contributed by atoms with van der Waals surface area (Å²) in [5, 5.41) is 7.72. The summed E-state index contributed by atoms with van der Waals surface area (Å²) in [6, 6.07) is 7.95. The lowest BCUT2D eigenvalue weighted by Crippen LogP contribution is -2.49. The first-order valence-corrected chi connectivity index (χ1v) is 9.63. The Morgan fingerprint density at radius 1 is 1.26 bits per heavy atom. The lowest BCUT2D eigenvalue weighted by Gasteiger charge is -2.44. The molecule has 1 atom stereocenters. The molecule has 0 unspecified atom stereocenters. The molecule has 0 saturated carbocycles. The molecule has 6 nitrogen and oxygen atoms in total. The molecule has 0 radical (unpaired) electrons. The highest BCUT2D eigenvalue weighted by Gasteiger charge is 2.42. The van der Waals surface area contributed by atoms with Crippen molar-refractivity contribution in [2.45, 2.75) is 58.2 Å². The van der Waals surface area contributed by atoms with Crippen molar-refractivity contribution in [1.29, 1.82) is 0 Å². The molecule has 27 heavy (non-hydrogen) atoms. The molecular weight excluding hydrogens is 342 g/mol. The number of aromatic nitrogens is 2. The van der Waals surface area contributed by atoms with Gasteiger partial charge in [-0.25, -0.2) is 0 Å². The van der Waals surface area contributed by atoms with Gasteiger partial charge >= 0.3 is 0 Å². The van der Waals surface area contributed by atoms with Gasteiger partial charge < -0.3 is 14.8 Å². The zero-order valence-corrected chi connectivity index (χ0v) is 16.2. The van der Waals surface area contributed by atoms with E-state index in [2.05, 4.69) is 10.4 Å². The molecule has 0 bridgehead atoms. The number of nitrogens with one attached hydrogen (secondary N) is 1. The first-order chi connectivity index (χ1) is 13.0. The van der Waals surface area contributed by atoms with Crippen LogP contribution in [0, 0.1) is 20.8 Å². The molecule has 2 aliphatic rings. The molecule has 1 spiro atoms. The van der Waals surface area contributed by atoms with E-state index in [0.29, 0.717) is 13.2 Å². The molecule has 144 valence electrons. The Labute approximate surface area is 159 Å². The van der Waals surface area contributed by atoms with Crippen LogP contribution in [-0.4, -0.2) is 34.5 Å². The molecule has 1 aromatic carbocycles. The van der Waals surface area contributed by atoms with Gasteiger partial charge in [0.1, 0.15) is 17.9 Å². The fraction of sp³-hybridized carbons (Fsp3) is 0.524. The standard InChI is InChI=1S/C21H27N3O3/c1-14-15(2)23-24(16(14)3)13-20(25)22-18-12-21(8-10-26-11-9-21)27-19-7-5-4-6-17(18)19/h4-7,18H,8-13H2,1-3H3,(H,22,25)/t18-/m0/s1. The van der Waals surface area contributed by atoms with Crippen LogP contribution in [-0.2, 0) is 16.1 Å². The molecule has 1 aromatic heterocycles. The zero-order valence-electron chi connectivity index (χ0n) is 16.2. The number of carbonyl (C=O) groups excluding carboxylic acids is 1. The van der Waals surface area contributed by atoms with Gasteiger partial charge in [-0.05, 0) is 32.4 Å². The van der Waals surface area contributed by atoms with Crippen molar-refractivity contribution in [3.8, 4) is 5.75 Å². The van der Waals surface area contributed by atoms with Crippen LogP contribution in [0.4, 0.5) is 0 Å². The van der Waals surface area contributed by atoms with E-state index in [1.54, 1.807) is 4.68 Å². The Morgan fingerprint density at radius 2 is 2.00 bits per heavy atom. The third kappa shape index (κ3) is 3.46. The van der Waals surface area contributed by atoms with E-state index in [1.165, 1.54) is 0 Å². The number of hydrogen-bond donors (Lipinski definition) is 1. The van der Waals surface area contributed by atoms with Crippen molar-refractivity contribution >= 4 is 5.91 Å². The minimum atomic E-state index is -0.251. The van der Waals surface area contributed by atoms with Crippen LogP contribution in [0.3, 0.4) is 0 Å². The number of nitrogens with zero attached hydrogens (tertiary/aromatic N) is 2. The molecule has 4 rings (SSSR count). The number of para-hydroxylation sites is 1. The van der Waals surface area contributed by atoms with Crippen LogP contribution < -0.4 is 10.1 Å². The Morgan fingerprint density at radius 3 is 2.70 bits per heavy atom. The van der Waals surface area contributed by atoms with Gasteiger partial charge in [0, 0.05) is 30.5 Å². The smallest absolute Gasteiger partial charge is 0.242 e. The van der Waals surface area contributed by atoms with Gasteiger partial charge in [-0.15, -0.1) is 0 Å². The molecule has 2 aliphatic heterocycles. The zero-order chi connectivity index (χ0) is 19.0. The van der Waals surface area contributed by atoms with Crippen molar-refractivity contribution in [3.05, 3.63) is 46.8 Å². The summed E-state index contributed by atoms with van der Waals surface area (Å²) >= 11 is 0. The summed E-state index contributed by atoms with van der Waals surface area (Å²) in [7, 11) is 0. The highest BCUT2D eigenvalue weighted by molar-refractivity contribution is 5.76. The van der Waals surface area contributed by atoms with Gasteiger partial charge in [-0.2, -0.15) is 5.10 Å². The van der Waals surface area contributed by atoms with Gasteiger partial charge in [0.25, 0.3) is 0 Å². The van der Waals surface area contributed by atoms with Gasteiger partial charge in [0.15, 0.2) is 0 Å². The highest BCUT2D eigenvalue weighted by Crippen LogP contribution is 2.43. The third-order valence-electron chi connectivity index (χ3n) is 5.97. The van der Waals surface area contributed by atoms with E-state index >= 15 is 0 Å². The lowest BCUT2D eigenvalue weighted by molar-refractivity contribution is -0.123. The summed E-state index contributed by atoms with van der Waals surface area (Å²) in [4.78, 5) is 12.8. The van der Waals surface area contributed by atoms with Gasteiger partial charge in [-0.3, -0.25) is 9.48 Å². The Bertz CT molecular complexity index is 852. The molecule has 1 N–H and O–H groups in total. The molecule has 6 heteroatoms. The molecule has 3 heterocycles. The van der Waals surface area contributed by atoms with Crippen LogP contribution in [0.2, 0.25) is 0 Å². The summed E-state index contributed by atoms with van der Waals surface area (Å²) < 4.78 is 13.7. The topological polar surface area (TPSA) is 65.4 Å². The Hall–Kier alpha value is -2.34. The molecular formula is C21H27N3O3. The number of aryl methyl sites for hydroxylation is 1. The lowest BCUT2D eigenvalue weighted by atomic mass is 9.82. The maximum absolute atomic E-state index is 12.8. The first kappa shape index (κ1) is 18.0. The van der Waals surface area contributed by atoms with E-state index in [9.17, 15) is 4.79 Å². The monoisotopic (exact) mass is 369 g/mol. The van der Waals surface area contributed by atoms with Crippen LogP contribution in [0.25, 0.3) is 0 Å². The van der Waals surface area contributed by atoms with E-state index in [4.69, 9.17) is 9.47 Å². The summed E-state index contributed by atoms with van der Waals surface area (Å²) in [5.74, 6) is 0.849. The van der Waals surface area contributed by atoms with Crippen LogP contribution in [0.15, 0.2) is 24.3 Å². The number of hydrogen-bond acceptors (Lipinski definition) is 4. The average molecular weight is 369 g/mol. The summed E-state index contributed by atoms with van der Waals surface area (Å²) in [6.45, 7) is 7.65. The van der Waals surface area contributed by atoms with Crippen LogP contribution in [0.1, 0.15) is 47.8 Å². The van der Waals surface area contributed by atoms with E-state index in [0.717, 1.165) is 47.5 Å². The fourth-order valence-electron chi connectivity index (χ4n) is 4.11. The second kappa shape index (κ2) is 7.00. The molecule has 1 fully saturated rings.